The zero-order valence-electron chi connectivity index (χ0n) is 9.75. The van der Waals surface area contributed by atoms with Crippen LogP contribution in [0, 0.1) is 0 Å². The van der Waals surface area contributed by atoms with Gasteiger partial charge in [0.25, 0.3) is 10.2 Å². The number of hydrogen-bond donors (Lipinski definition) is 4. The predicted octanol–water partition coefficient (Wildman–Crippen LogP) is 0.577. The fourth-order valence-corrected chi connectivity index (χ4v) is 1.83. The highest BCUT2D eigenvalue weighted by atomic mass is 32.2. The van der Waals surface area contributed by atoms with Crippen LogP contribution in [-0.2, 0) is 15.0 Å². The molecule has 0 aromatic heterocycles. The number of rotatable bonds is 6. The Bertz CT molecular complexity index is 530. The zero-order valence-corrected chi connectivity index (χ0v) is 10.6. The summed E-state index contributed by atoms with van der Waals surface area (Å²) in [7, 11) is -3.84. The van der Waals surface area contributed by atoms with Gasteiger partial charge < -0.3 is 10.4 Å². The summed E-state index contributed by atoms with van der Waals surface area (Å²) in [4.78, 5) is 10.9. The third-order valence-electron chi connectivity index (χ3n) is 2.17. The Kier molecular flexibility index (Phi) is 4.51. The van der Waals surface area contributed by atoms with Gasteiger partial charge in [-0.2, -0.15) is 8.42 Å². The van der Waals surface area contributed by atoms with Crippen LogP contribution in [0.25, 0.3) is 0 Å². The van der Waals surface area contributed by atoms with Crippen molar-refractivity contribution < 1.29 is 18.3 Å². The van der Waals surface area contributed by atoms with Crippen LogP contribution in [0.4, 0.5) is 11.4 Å². The average molecular weight is 273 g/mol. The lowest BCUT2D eigenvalue weighted by Gasteiger charge is -2.14. The molecule has 0 bridgehead atoms. The summed E-state index contributed by atoms with van der Waals surface area (Å²) in [5.74, 6) is -0.970. The molecule has 1 rings (SSSR count). The SMILES string of the molecule is CCC(Nc1cccc(NS(N)(=O)=O)c1)C(=O)O. The van der Waals surface area contributed by atoms with Gasteiger partial charge in [-0.1, -0.05) is 13.0 Å². The summed E-state index contributed by atoms with van der Waals surface area (Å²) in [6.07, 6.45) is 0.405. The van der Waals surface area contributed by atoms with Gasteiger partial charge >= 0.3 is 5.97 Å². The molecule has 0 aliphatic rings. The largest absolute Gasteiger partial charge is 0.480 e. The van der Waals surface area contributed by atoms with E-state index in [4.69, 9.17) is 10.2 Å². The fourth-order valence-electron chi connectivity index (χ4n) is 1.38. The monoisotopic (exact) mass is 273 g/mol. The van der Waals surface area contributed by atoms with Crippen molar-refractivity contribution in [3.63, 3.8) is 0 Å². The predicted molar refractivity (Wildman–Crippen MR) is 68.5 cm³/mol. The average Bonchev–Trinajstić information content (AvgIpc) is 2.23. The lowest BCUT2D eigenvalue weighted by molar-refractivity contribution is -0.137. The molecule has 8 heteroatoms. The van der Waals surface area contributed by atoms with Gasteiger partial charge in [-0.05, 0) is 24.6 Å². The van der Waals surface area contributed by atoms with Gasteiger partial charge in [0.15, 0.2) is 0 Å². The maximum atomic E-state index is 10.9. The number of benzene rings is 1. The van der Waals surface area contributed by atoms with Crippen molar-refractivity contribution in [2.75, 3.05) is 10.0 Å². The van der Waals surface area contributed by atoms with E-state index in [-0.39, 0.29) is 5.69 Å². The number of carbonyl (C=O) groups is 1. The van der Waals surface area contributed by atoms with Crippen LogP contribution in [0.1, 0.15) is 13.3 Å². The molecule has 1 aromatic carbocycles. The van der Waals surface area contributed by atoms with Crippen LogP contribution in [0.3, 0.4) is 0 Å². The van der Waals surface area contributed by atoms with Gasteiger partial charge in [0.2, 0.25) is 0 Å². The van der Waals surface area contributed by atoms with Crippen molar-refractivity contribution in [1.82, 2.24) is 0 Å². The van der Waals surface area contributed by atoms with Crippen LogP contribution in [0.5, 0.6) is 0 Å². The molecule has 7 nitrogen and oxygen atoms in total. The van der Waals surface area contributed by atoms with E-state index in [9.17, 15) is 13.2 Å². The lowest BCUT2D eigenvalue weighted by Crippen LogP contribution is -2.28. The molecule has 0 radical (unpaired) electrons. The first-order valence-electron chi connectivity index (χ1n) is 5.21. The Morgan fingerprint density at radius 1 is 1.44 bits per heavy atom. The first kappa shape index (κ1) is 14.3. The molecule has 1 aromatic rings. The lowest BCUT2D eigenvalue weighted by atomic mass is 10.2. The van der Waals surface area contributed by atoms with E-state index < -0.39 is 22.2 Å². The second kappa shape index (κ2) is 5.69. The van der Waals surface area contributed by atoms with E-state index in [0.717, 1.165) is 0 Å². The summed E-state index contributed by atoms with van der Waals surface area (Å²) in [6.45, 7) is 1.73. The molecule has 1 atom stereocenters. The number of hydrogen-bond acceptors (Lipinski definition) is 4. The molecule has 0 saturated heterocycles. The molecule has 0 amide bonds. The quantitative estimate of drug-likeness (QED) is 0.604. The third kappa shape index (κ3) is 4.60. The van der Waals surface area contributed by atoms with Crippen LogP contribution in [-0.4, -0.2) is 25.5 Å². The molecule has 0 aliphatic heterocycles. The fraction of sp³-hybridized carbons (Fsp3) is 0.300. The van der Waals surface area contributed by atoms with E-state index in [0.29, 0.717) is 12.1 Å². The van der Waals surface area contributed by atoms with Crippen molar-refractivity contribution in [3.8, 4) is 0 Å². The summed E-state index contributed by atoms with van der Waals surface area (Å²) < 4.78 is 23.8. The summed E-state index contributed by atoms with van der Waals surface area (Å²) in [6, 6.07) is 5.48. The van der Waals surface area contributed by atoms with E-state index >= 15 is 0 Å². The maximum Gasteiger partial charge on any atom is 0.326 e. The summed E-state index contributed by atoms with van der Waals surface area (Å²) in [5.41, 5.74) is 0.764. The Hall–Kier alpha value is -1.80. The van der Waals surface area contributed by atoms with Crippen LogP contribution in [0.15, 0.2) is 24.3 Å². The van der Waals surface area contributed by atoms with Gasteiger partial charge in [0.1, 0.15) is 6.04 Å². The zero-order chi connectivity index (χ0) is 13.8. The summed E-state index contributed by atoms with van der Waals surface area (Å²) >= 11 is 0. The molecule has 0 aliphatic carbocycles. The smallest absolute Gasteiger partial charge is 0.326 e. The van der Waals surface area contributed by atoms with E-state index in [2.05, 4.69) is 10.0 Å². The summed E-state index contributed by atoms with van der Waals surface area (Å²) in [5, 5.41) is 16.5. The third-order valence-corrected chi connectivity index (χ3v) is 2.69. The number of carboxylic acids is 1. The molecule has 100 valence electrons. The van der Waals surface area contributed by atoms with Crippen molar-refractivity contribution in [2.45, 2.75) is 19.4 Å². The van der Waals surface area contributed by atoms with Gasteiger partial charge in [0, 0.05) is 5.69 Å². The van der Waals surface area contributed by atoms with Crippen molar-refractivity contribution in [1.29, 1.82) is 0 Å². The Balaban J connectivity index is 2.85. The highest BCUT2D eigenvalue weighted by molar-refractivity contribution is 7.90. The number of anilines is 2. The van der Waals surface area contributed by atoms with Crippen molar-refractivity contribution >= 4 is 27.6 Å². The van der Waals surface area contributed by atoms with E-state index in [1.807, 2.05) is 0 Å². The molecule has 5 N–H and O–H groups in total. The van der Waals surface area contributed by atoms with E-state index in [1.54, 1.807) is 19.1 Å². The Morgan fingerprint density at radius 2 is 2.06 bits per heavy atom. The molecule has 18 heavy (non-hydrogen) atoms. The van der Waals surface area contributed by atoms with Crippen molar-refractivity contribution in [2.24, 2.45) is 5.14 Å². The van der Waals surface area contributed by atoms with Gasteiger partial charge in [-0.25, -0.2) is 9.93 Å². The molecular weight excluding hydrogens is 258 g/mol. The van der Waals surface area contributed by atoms with Gasteiger partial charge in [-0.3, -0.25) is 4.72 Å². The van der Waals surface area contributed by atoms with Crippen molar-refractivity contribution in [3.05, 3.63) is 24.3 Å². The van der Waals surface area contributed by atoms with Crippen LogP contribution >= 0.6 is 0 Å². The second-order valence-corrected chi connectivity index (χ2v) is 4.97. The molecule has 0 fully saturated rings. The van der Waals surface area contributed by atoms with Crippen LogP contribution < -0.4 is 15.2 Å². The minimum Gasteiger partial charge on any atom is -0.480 e. The first-order chi connectivity index (χ1) is 8.31. The molecular formula is C10H15N3O4S. The number of nitrogens with one attached hydrogen (secondary N) is 2. The molecule has 1 unspecified atom stereocenters. The first-order valence-corrected chi connectivity index (χ1v) is 6.76. The minimum absolute atomic E-state index is 0.266. The Morgan fingerprint density at radius 3 is 2.56 bits per heavy atom. The second-order valence-electron chi connectivity index (χ2n) is 3.67. The maximum absolute atomic E-state index is 10.9. The number of nitrogens with two attached hydrogens (primary N) is 1. The minimum atomic E-state index is -3.84. The topological polar surface area (TPSA) is 122 Å². The number of carboxylic acid groups (broad SMARTS) is 1. The number of aliphatic carboxylic acids is 1. The highest BCUT2D eigenvalue weighted by Crippen LogP contribution is 2.17. The van der Waals surface area contributed by atoms with Gasteiger partial charge in [0.05, 0.1) is 5.69 Å². The van der Waals surface area contributed by atoms with Gasteiger partial charge in [-0.15, -0.1) is 0 Å². The molecule has 0 spiro atoms. The normalized spacial score (nSPS) is 12.8. The van der Waals surface area contributed by atoms with Crippen LogP contribution in [0.2, 0.25) is 0 Å². The molecule has 0 heterocycles. The Labute approximate surface area is 105 Å². The standard InChI is InChI=1S/C10H15N3O4S/c1-2-9(10(14)15)12-7-4-3-5-8(6-7)13-18(11,16)17/h3-6,9,12-13H,2H2,1H3,(H,14,15)(H2,11,16,17). The highest BCUT2D eigenvalue weighted by Gasteiger charge is 2.14. The van der Waals surface area contributed by atoms with E-state index in [1.165, 1.54) is 12.1 Å². The molecule has 0 saturated carbocycles.